The summed E-state index contributed by atoms with van der Waals surface area (Å²) in [5.74, 6) is 0.0501. The highest BCUT2D eigenvalue weighted by molar-refractivity contribution is 5.94. The first-order valence-corrected chi connectivity index (χ1v) is 9.47. The highest BCUT2D eigenvalue weighted by Crippen LogP contribution is 2.25. The molecule has 2 saturated heterocycles. The Morgan fingerprint density at radius 1 is 1.15 bits per heavy atom. The summed E-state index contributed by atoms with van der Waals surface area (Å²) in [5.41, 5.74) is 1.75. The number of hydrogen-bond acceptors (Lipinski definition) is 5. The topological polar surface area (TPSA) is 65.1 Å². The molecular weight excluding hydrogens is 344 g/mol. The average molecular weight is 374 g/mol. The lowest BCUT2D eigenvalue weighted by molar-refractivity contribution is -0.134. The molecule has 0 bridgehead atoms. The molecule has 2 aliphatic rings. The zero-order chi connectivity index (χ0) is 19.6. The maximum Gasteiger partial charge on any atom is 0.251 e. The van der Waals surface area contributed by atoms with E-state index in [-0.39, 0.29) is 24.0 Å². The summed E-state index contributed by atoms with van der Waals surface area (Å²) in [4.78, 5) is 30.4. The molecule has 0 unspecified atom stereocenters. The maximum absolute atomic E-state index is 12.5. The van der Waals surface area contributed by atoms with E-state index in [2.05, 4.69) is 10.2 Å². The summed E-state index contributed by atoms with van der Waals surface area (Å²) in [6, 6.07) is 8.05. The van der Waals surface area contributed by atoms with Crippen LogP contribution in [-0.2, 0) is 9.53 Å². The van der Waals surface area contributed by atoms with E-state index in [0.29, 0.717) is 24.6 Å². The number of nitrogens with zero attached hydrogens (tertiary/aromatic N) is 3. The third-order valence-corrected chi connectivity index (χ3v) is 5.37. The predicted molar refractivity (Wildman–Crippen MR) is 105 cm³/mol. The monoisotopic (exact) mass is 374 g/mol. The zero-order valence-corrected chi connectivity index (χ0v) is 16.6. The van der Waals surface area contributed by atoms with E-state index in [1.165, 1.54) is 0 Å². The average Bonchev–Trinajstić information content (AvgIpc) is 3.03. The molecular formula is C20H30N4O3. The molecule has 1 aromatic carbocycles. The smallest absolute Gasteiger partial charge is 0.251 e. The first-order chi connectivity index (χ1) is 12.8. The summed E-state index contributed by atoms with van der Waals surface area (Å²) in [6.07, 6.45) is 1.23. The van der Waals surface area contributed by atoms with Crippen LogP contribution >= 0.6 is 0 Å². The lowest BCUT2D eigenvalue weighted by atomic mass is 10.1. The lowest BCUT2D eigenvalue weighted by Crippen LogP contribution is -2.47. The van der Waals surface area contributed by atoms with Gasteiger partial charge in [0.2, 0.25) is 5.91 Å². The summed E-state index contributed by atoms with van der Waals surface area (Å²) in [5, 5.41) is 3.15. The maximum atomic E-state index is 12.5. The predicted octanol–water partition coefficient (Wildman–Crippen LogP) is 0.802. The molecule has 0 spiro atoms. The molecule has 3 atom stereocenters. The number of carbonyl (C=O) groups is 2. The molecule has 2 heterocycles. The van der Waals surface area contributed by atoms with E-state index < -0.39 is 0 Å². The third-order valence-electron chi connectivity index (χ3n) is 5.37. The number of hydrogen-bond donors (Lipinski definition) is 1. The molecule has 7 nitrogen and oxygen atoms in total. The Kier molecular flexibility index (Phi) is 6.01. The van der Waals surface area contributed by atoms with E-state index in [1.807, 2.05) is 43.3 Å². The van der Waals surface area contributed by atoms with Crippen LogP contribution in [0.1, 0.15) is 23.2 Å². The van der Waals surface area contributed by atoms with Gasteiger partial charge in [-0.15, -0.1) is 0 Å². The number of fused-ring (bicyclic) bond motifs is 1. The van der Waals surface area contributed by atoms with E-state index in [9.17, 15) is 9.59 Å². The van der Waals surface area contributed by atoms with Crippen molar-refractivity contribution in [1.82, 2.24) is 15.1 Å². The van der Waals surface area contributed by atoms with Crippen LogP contribution in [0.25, 0.3) is 0 Å². The van der Waals surface area contributed by atoms with Crippen LogP contribution in [0.15, 0.2) is 24.3 Å². The van der Waals surface area contributed by atoms with Gasteiger partial charge in [0, 0.05) is 64.6 Å². The van der Waals surface area contributed by atoms with Crippen molar-refractivity contribution in [1.29, 1.82) is 0 Å². The van der Waals surface area contributed by atoms with Gasteiger partial charge >= 0.3 is 0 Å². The summed E-state index contributed by atoms with van der Waals surface area (Å²) in [7, 11) is 7.48. The number of ether oxygens (including phenoxy) is 1. The highest BCUT2D eigenvalue weighted by atomic mass is 16.5. The van der Waals surface area contributed by atoms with Crippen molar-refractivity contribution in [2.45, 2.75) is 31.0 Å². The van der Waals surface area contributed by atoms with Crippen molar-refractivity contribution in [2.75, 3.05) is 52.8 Å². The Hall–Kier alpha value is -2.12. The third kappa shape index (κ3) is 4.78. The summed E-state index contributed by atoms with van der Waals surface area (Å²) >= 11 is 0. The molecule has 0 saturated carbocycles. The van der Waals surface area contributed by atoms with Crippen molar-refractivity contribution >= 4 is 17.5 Å². The van der Waals surface area contributed by atoms with Gasteiger partial charge < -0.3 is 19.9 Å². The van der Waals surface area contributed by atoms with Crippen LogP contribution in [0.4, 0.5) is 5.69 Å². The highest BCUT2D eigenvalue weighted by Gasteiger charge is 2.38. The Labute approximate surface area is 161 Å². The number of rotatable bonds is 5. The SMILES string of the molecule is CN(C)C(=O)C[C@H]1CN2C[C@@H](NC(=O)c3ccc(N(C)C)cc3)C[C@H]2CO1. The Morgan fingerprint density at radius 3 is 2.48 bits per heavy atom. The molecule has 27 heavy (non-hydrogen) atoms. The largest absolute Gasteiger partial charge is 0.378 e. The van der Waals surface area contributed by atoms with Crippen LogP contribution in [0.3, 0.4) is 0 Å². The molecule has 0 aromatic heterocycles. The lowest BCUT2D eigenvalue weighted by Gasteiger charge is -2.35. The molecule has 1 aromatic rings. The molecule has 2 aliphatic heterocycles. The van der Waals surface area contributed by atoms with Gasteiger partial charge in [0.15, 0.2) is 0 Å². The van der Waals surface area contributed by atoms with Crippen LogP contribution in [0.5, 0.6) is 0 Å². The van der Waals surface area contributed by atoms with Crippen LogP contribution in [0.2, 0.25) is 0 Å². The minimum Gasteiger partial charge on any atom is -0.378 e. The van der Waals surface area contributed by atoms with Crippen molar-refractivity contribution in [3.05, 3.63) is 29.8 Å². The fraction of sp³-hybridized carbons (Fsp3) is 0.600. The summed E-state index contributed by atoms with van der Waals surface area (Å²) in [6.45, 7) is 2.17. The molecule has 0 radical (unpaired) electrons. The minimum absolute atomic E-state index is 0.0367. The zero-order valence-electron chi connectivity index (χ0n) is 16.6. The Balaban J connectivity index is 1.52. The molecule has 148 valence electrons. The number of morpholine rings is 1. The van der Waals surface area contributed by atoms with Gasteiger partial charge in [0.05, 0.1) is 19.1 Å². The number of carbonyl (C=O) groups excluding carboxylic acids is 2. The van der Waals surface area contributed by atoms with Crippen molar-refractivity contribution in [2.24, 2.45) is 0 Å². The Morgan fingerprint density at radius 2 is 1.85 bits per heavy atom. The van der Waals surface area contributed by atoms with E-state index >= 15 is 0 Å². The quantitative estimate of drug-likeness (QED) is 0.826. The minimum atomic E-state index is -0.0656. The van der Waals surface area contributed by atoms with Crippen LogP contribution in [-0.4, -0.2) is 87.7 Å². The molecule has 7 heteroatoms. The van der Waals surface area contributed by atoms with Gasteiger partial charge in [0.1, 0.15) is 0 Å². The first kappa shape index (κ1) is 19.6. The van der Waals surface area contributed by atoms with Gasteiger partial charge in [-0.25, -0.2) is 0 Å². The normalized spacial score (nSPS) is 25.0. The number of anilines is 1. The van der Waals surface area contributed by atoms with Gasteiger partial charge in [-0.1, -0.05) is 0 Å². The van der Waals surface area contributed by atoms with Crippen molar-refractivity contribution < 1.29 is 14.3 Å². The van der Waals surface area contributed by atoms with E-state index in [0.717, 1.165) is 25.2 Å². The fourth-order valence-electron chi connectivity index (χ4n) is 3.73. The fourth-order valence-corrected chi connectivity index (χ4v) is 3.73. The van der Waals surface area contributed by atoms with Crippen LogP contribution in [0, 0.1) is 0 Å². The summed E-state index contributed by atoms with van der Waals surface area (Å²) < 4.78 is 5.88. The molecule has 1 N–H and O–H groups in total. The van der Waals surface area contributed by atoms with Gasteiger partial charge in [0.25, 0.3) is 5.91 Å². The molecule has 3 rings (SSSR count). The van der Waals surface area contributed by atoms with Crippen LogP contribution < -0.4 is 10.2 Å². The van der Waals surface area contributed by atoms with Gasteiger partial charge in [-0.2, -0.15) is 0 Å². The number of benzene rings is 1. The van der Waals surface area contributed by atoms with Crippen molar-refractivity contribution in [3.8, 4) is 0 Å². The molecule has 0 aliphatic carbocycles. The van der Waals surface area contributed by atoms with Gasteiger partial charge in [-0.05, 0) is 30.7 Å². The second-order valence-corrected chi connectivity index (χ2v) is 7.90. The molecule has 2 amide bonds. The number of amides is 2. The molecule has 2 fully saturated rings. The standard InChI is InChI=1S/C20H30N4O3/c1-22(2)16-7-5-14(6-8-16)20(26)21-15-9-17-13-27-18(12-24(17)11-15)10-19(25)23(3)4/h5-8,15,17-18H,9-13H2,1-4H3,(H,21,26)/t15-,17-,18-/m0/s1. The van der Waals surface area contributed by atoms with Gasteiger partial charge in [-0.3, -0.25) is 14.5 Å². The second kappa shape index (κ2) is 8.27. The van der Waals surface area contributed by atoms with Crippen molar-refractivity contribution in [3.63, 3.8) is 0 Å². The number of nitrogens with one attached hydrogen (secondary N) is 1. The first-order valence-electron chi connectivity index (χ1n) is 9.47. The second-order valence-electron chi connectivity index (χ2n) is 7.90. The Bertz CT molecular complexity index is 674. The van der Waals surface area contributed by atoms with E-state index in [4.69, 9.17) is 4.74 Å². The van der Waals surface area contributed by atoms with E-state index in [1.54, 1.807) is 19.0 Å².